The van der Waals surface area contributed by atoms with Crippen LogP contribution in [0, 0.1) is 16.0 Å². The molecule has 19 heavy (non-hydrogen) atoms. The van der Waals surface area contributed by atoms with Gasteiger partial charge in [0.1, 0.15) is 0 Å². The first-order valence-electron chi connectivity index (χ1n) is 6.02. The Balaban J connectivity index is 2.88. The van der Waals surface area contributed by atoms with Crippen molar-refractivity contribution >= 4 is 27.5 Å². The maximum absolute atomic E-state index is 12.1. The van der Waals surface area contributed by atoms with Gasteiger partial charge in [-0.15, -0.1) is 0 Å². The topological polar surface area (TPSA) is 63.5 Å². The van der Waals surface area contributed by atoms with Crippen molar-refractivity contribution in [3.05, 3.63) is 38.3 Å². The van der Waals surface area contributed by atoms with Crippen LogP contribution in [-0.2, 0) is 0 Å². The smallest absolute Gasteiger partial charge is 0.284 e. The molecular weight excluding hydrogens is 312 g/mol. The maximum Gasteiger partial charge on any atom is 0.284 e. The van der Waals surface area contributed by atoms with Crippen LogP contribution < -0.4 is 0 Å². The van der Waals surface area contributed by atoms with E-state index in [1.54, 1.807) is 18.0 Å². The van der Waals surface area contributed by atoms with E-state index in [2.05, 4.69) is 29.8 Å². The molecule has 1 amide bonds. The molecule has 5 nitrogen and oxygen atoms in total. The van der Waals surface area contributed by atoms with Crippen LogP contribution in [0.3, 0.4) is 0 Å². The van der Waals surface area contributed by atoms with Crippen LogP contribution in [0.2, 0.25) is 0 Å². The lowest BCUT2D eigenvalue weighted by Crippen LogP contribution is -2.28. The van der Waals surface area contributed by atoms with Crippen LogP contribution in [0.4, 0.5) is 5.69 Å². The molecular formula is C13H17BrN2O3. The fourth-order valence-corrected chi connectivity index (χ4v) is 1.95. The highest BCUT2D eigenvalue weighted by molar-refractivity contribution is 9.10. The normalized spacial score (nSPS) is 10.6. The lowest BCUT2D eigenvalue weighted by molar-refractivity contribution is -0.385. The van der Waals surface area contributed by atoms with E-state index in [9.17, 15) is 14.9 Å². The Morgan fingerprint density at radius 2 is 2.11 bits per heavy atom. The van der Waals surface area contributed by atoms with Gasteiger partial charge in [0.2, 0.25) is 0 Å². The van der Waals surface area contributed by atoms with Crippen LogP contribution in [0.25, 0.3) is 0 Å². The highest BCUT2D eigenvalue weighted by atomic mass is 79.9. The first-order chi connectivity index (χ1) is 8.82. The number of carbonyl (C=O) groups is 1. The van der Waals surface area contributed by atoms with E-state index in [0.717, 1.165) is 6.42 Å². The number of hydrogen-bond donors (Lipinski definition) is 0. The van der Waals surface area contributed by atoms with Crippen LogP contribution in [0.15, 0.2) is 22.7 Å². The van der Waals surface area contributed by atoms with E-state index in [0.29, 0.717) is 22.5 Å². The molecule has 0 atom stereocenters. The van der Waals surface area contributed by atoms with E-state index in [-0.39, 0.29) is 11.6 Å². The van der Waals surface area contributed by atoms with Crippen LogP contribution in [0.5, 0.6) is 0 Å². The van der Waals surface area contributed by atoms with Crippen LogP contribution in [0.1, 0.15) is 30.6 Å². The minimum Gasteiger partial charge on any atom is -0.342 e. The van der Waals surface area contributed by atoms with Gasteiger partial charge in [0.05, 0.1) is 9.40 Å². The third-order valence-corrected chi connectivity index (χ3v) is 3.45. The van der Waals surface area contributed by atoms with Crippen molar-refractivity contribution in [3.63, 3.8) is 0 Å². The van der Waals surface area contributed by atoms with Gasteiger partial charge < -0.3 is 4.90 Å². The second-order valence-electron chi connectivity index (χ2n) is 4.83. The number of nitro groups is 1. The molecule has 0 N–H and O–H groups in total. The minimum atomic E-state index is -0.505. The third kappa shape index (κ3) is 4.31. The van der Waals surface area contributed by atoms with Crippen molar-refractivity contribution in [1.82, 2.24) is 4.90 Å². The average Bonchev–Trinajstić information content (AvgIpc) is 2.35. The van der Waals surface area contributed by atoms with E-state index >= 15 is 0 Å². The van der Waals surface area contributed by atoms with Crippen molar-refractivity contribution in [2.45, 2.75) is 20.3 Å². The Hall–Kier alpha value is -1.43. The average molecular weight is 329 g/mol. The number of amides is 1. The number of benzene rings is 1. The van der Waals surface area contributed by atoms with Gasteiger partial charge in [-0.3, -0.25) is 14.9 Å². The highest BCUT2D eigenvalue weighted by Gasteiger charge is 2.18. The fraction of sp³-hybridized carbons (Fsp3) is 0.462. The summed E-state index contributed by atoms with van der Waals surface area (Å²) >= 11 is 3.10. The molecule has 1 aromatic carbocycles. The summed E-state index contributed by atoms with van der Waals surface area (Å²) in [7, 11) is 1.71. The Kier molecular flexibility index (Phi) is 5.47. The van der Waals surface area contributed by atoms with Gasteiger partial charge in [-0.05, 0) is 40.4 Å². The molecule has 0 spiro atoms. The number of carbonyl (C=O) groups excluding carboxylic acids is 1. The van der Waals surface area contributed by atoms with Crippen molar-refractivity contribution in [2.75, 3.05) is 13.6 Å². The fourth-order valence-electron chi connectivity index (χ4n) is 1.56. The molecule has 104 valence electrons. The molecule has 6 heteroatoms. The summed E-state index contributed by atoms with van der Waals surface area (Å²) in [4.78, 5) is 24.0. The summed E-state index contributed by atoms with van der Waals surface area (Å²) in [5, 5.41) is 10.8. The molecule has 0 aliphatic heterocycles. The van der Waals surface area contributed by atoms with E-state index in [1.165, 1.54) is 12.1 Å². The largest absolute Gasteiger partial charge is 0.342 e. The zero-order valence-electron chi connectivity index (χ0n) is 11.2. The minimum absolute atomic E-state index is 0.0943. The molecule has 0 saturated heterocycles. The van der Waals surface area contributed by atoms with Gasteiger partial charge in [0.25, 0.3) is 11.6 Å². The number of nitrogens with zero attached hydrogens (tertiary/aromatic N) is 2. The van der Waals surface area contributed by atoms with Gasteiger partial charge in [0.15, 0.2) is 0 Å². The monoisotopic (exact) mass is 328 g/mol. The summed E-state index contributed by atoms with van der Waals surface area (Å²) < 4.78 is 0.374. The number of halogens is 1. The van der Waals surface area contributed by atoms with Gasteiger partial charge in [0, 0.05) is 25.2 Å². The predicted octanol–water partition coefficient (Wildman–Crippen LogP) is 3.48. The number of nitro benzene ring substituents is 1. The van der Waals surface area contributed by atoms with E-state index in [4.69, 9.17) is 0 Å². The van der Waals surface area contributed by atoms with Crippen molar-refractivity contribution in [3.8, 4) is 0 Å². The summed E-state index contributed by atoms with van der Waals surface area (Å²) in [5.41, 5.74) is 0.240. The van der Waals surface area contributed by atoms with Crippen molar-refractivity contribution in [1.29, 1.82) is 0 Å². The second kappa shape index (κ2) is 6.65. The van der Waals surface area contributed by atoms with Crippen LogP contribution >= 0.6 is 15.9 Å². The molecule has 0 fully saturated rings. The lowest BCUT2D eigenvalue weighted by atomic mass is 10.1. The molecule has 0 bridgehead atoms. The molecule has 1 rings (SSSR count). The zero-order chi connectivity index (χ0) is 14.6. The second-order valence-corrected chi connectivity index (χ2v) is 5.69. The first-order valence-corrected chi connectivity index (χ1v) is 6.81. The summed E-state index contributed by atoms with van der Waals surface area (Å²) in [6.07, 6.45) is 0.904. The number of hydrogen-bond acceptors (Lipinski definition) is 3. The summed E-state index contributed by atoms with van der Waals surface area (Å²) in [6, 6.07) is 4.42. The molecule has 1 aromatic rings. The molecule has 0 saturated carbocycles. The SMILES string of the molecule is CC(C)CCN(C)C(=O)c1ccc(Br)c([N+](=O)[O-])c1. The quantitative estimate of drug-likeness (QED) is 0.614. The van der Waals surface area contributed by atoms with Gasteiger partial charge >= 0.3 is 0 Å². The van der Waals surface area contributed by atoms with Crippen molar-refractivity contribution in [2.24, 2.45) is 5.92 Å². The maximum atomic E-state index is 12.1. The predicted molar refractivity (Wildman–Crippen MR) is 77.2 cm³/mol. The lowest BCUT2D eigenvalue weighted by Gasteiger charge is -2.18. The molecule has 0 aliphatic carbocycles. The third-order valence-electron chi connectivity index (χ3n) is 2.78. The van der Waals surface area contributed by atoms with E-state index < -0.39 is 4.92 Å². The summed E-state index contributed by atoms with van der Waals surface area (Å²) in [6.45, 7) is 4.81. The molecule has 0 unspecified atom stereocenters. The first kappa shape index (κ1) is 15.6. The zero-order valence-corrected chi connectivity index (χ0v) is 12.8. The molecule has 0 radical (unpaired) electrons. The Labute approximate surface area is 120 Å². The van der Waals surface area contributed by atoms with Crippen LogP contribution in [-0.4, -0.2) is 29.3 Å². The number of rotatable bonds is 5. The van der Waals surface area contributed by atoms with Gasteiger partial charge in [-0.1, -0.05) is 13.8 Å². The standard InChI is InChI=1S/C13H17BrN2O3/c1-9(2)6-7-15(3)13(17)10-4-5-11(14)12(8-10)16(18)19/h4-5,8-9H,6-7H2,1-3H3. The highest BCUT2D eigenvalue weighted by Crippen LogP contribution is 2.26. The van der Waals surface area contributed by atoms with Gasteiger partial charge in [-0.25, -0.2) is 0 Å². The Bertz CT molecular complexity index is 489. The summed E-state index contributed by atoms with van der Waals surface area (Å²) in [5.74, 6) is 0.311. The Morgan fingerprint density at radius 1 is 1.47 bits per heavy atom. The molecule has 0 aliphatic rings. The van der Waals surface area contributed by atoms with E-state index in [1.807, 2.05) is 0 Å². The van der Waals surface area contributed by atoms with Crippen molar-refractivity contribution < 1.29 is 9.72 Å². The van der Waals surface area contributed by atoms with Gasteiger partial charge in [-0.2, -0.15) is 0 Å². The molecule has 0 heterocycles. The molecule has 0 aromatic heterocycles. The Morgan fingerprint density at radius 3 is 2.63 bits per heavy atom.